The van der Waals surface area contributed by atoms with Crippen LogP contribution in [0.15, 0.2) is 0 Å². The van der Waals surface area contributed by atoms with Gasteiger partial charge in [0.25, 0.3) is 0 Å². The first-order valence-electron chi connectivity index (χ1n) is 6.83. The third-order valence-corrected chi connectivity index (χ3v) is 2.86. The van der Waals surface area contributed by atoms with Crippen LogP contribution in [0.25, 0.3) is 0 Å². The molecule has 110 valence electrons. The van der Waals surface area contributed by atoms with Crippen molar-refractivity contribution in [3.63, 3.8) is 0 Å². The van der Waals surface area contributed by atoms with Gasteiger partial charge in [-0.15, -0.1) is 0 Å². The smallest absolute Gasteiger partial charge is 0.313 e. The molecule has 1 rings (SSSR count). The van der Waals surface area contributed by atoms with Crippen molar-refractivity contribution < 1.29 is 23.8 Å². The minimum atomic E-state index is -0.445. The van der Waals surface area contributed by atoms with Crippen molar-refractivity contribution in [3.05, 3.63) is 0 Å². The lowest BCUT2D eigenvalue weighted by Crippen LogP contribution is -2.37. The zero-order valence-electron chi connectivity index (χ0n) is 12.1. The summed E-state index contributed by atoms with van der Waals surface area (Å²) in [4.78, 5) is 22.6. The highest BCUT2D eigenvalue weighted by Gasteiger charge is 2.28. The summed E-state index contributed by atoms with van der Waals surface area (Å²) in [6, 6.07) is 0. The Hall–Kier alpha value is -0.940. The van der Waals surface area contributed by atoms with E-state index < -0.39 is 5.97 Å². The molecule has 0 aromatic heterocycles. The van der Waals surface area contributed by atoms with E-state index in [0.717, 1.165) is 0 Å². The number of esters is 1. The van der Waals surface area contributed by atoms with Crippen molar-refractivity contribution in [2.75, 3.05) is 19.8 Å². The lowest BCUT2D eigenvalue weighted by Gasteiger charge is -2.34. The van der Waals surface area contributed by atoms with Crippen LogP contribution in [-0.2, 0) is 23.8 Å². The van der Waals surface area contributed by atoms with Crippen molar-refractivity contribution in [3.8, 4) is 0 Å². The average molecular weight is 272 g/mol. The van der Waals surface area contributed by atoms with Gasteiger partial charge < -0.3 is 14.2 Å². The molecule has 0 N–H and O–H groups in total. The van der Waals surface area contributed by atoms with E-state index in [1.54, 1.807) is 6.92 Å². The zero-order chi connectivity index (χ0) is 14.3. The molecule has 1 aliphatic rings. The molecule has 1 fully saturated rings. The molecule has 5 nitrogen and oxygen atoms in total. The Morgan fingerprint density at radius 1 is 1.26 bits per heavy atom. The molecule has 0 aliphatic carbocycles. The van der Waals surface area contributed by atoms with E-state index in [-0.39, 0.29) is 23.9 Å². The molecule has 1 aliphatic heterocycles. The van der Waals surface area contributed by atoms with E-state index in [0.29, 0.717) is 39.1 Å². The van der Waals surface area contributed by atoms with Crippen molar-refractivity contribution in [2.24, 2.45) is 5.41 Å². The van der Waals surface area contributed by atoms with Gasteiger partial charge in [0, 0.05) is 11.8 Å². The second-order valence-corrected chi connectivity index (χ2v) is 5.63. The summed E-state index contributed by atoms with van der Waals surface area (Å²) in [7, 11) is 0. The molecule has 0 spiro atoms. The summed E-state index contributed by atoms with van der Waals surface area (Å²) < 4.78 is 15.9. The largest absolute Gasteiger partial charge is 0.466 e. The van der Waals surface area contributed by atoms with E-state index in [9.17, 15) is 9.59 Å². The first-order chi connectivity index (χ1) is 8.93. The van der Waals surface area contributed by atoms with Crippen molar-refractivity contribution >= 4 is 11.8 Å². The maximum atomic E-state index is 11.5. The van der Waals surface area contributed by atoms with Gasteiger partial charge in [0.2, 0.25) is 0 Å². The van der Waals surface area contributed by atoms with Gasteiger partial charge in [-0.3, -0.25) is 9.59 Å². The highest BCUT2D eigenvalue weighted by Crippen LogP contribution is 2.24. The second kappa shape index (κ2) is 7.60. The number of Topliss-reactive ketones (excluding diaryl/α,β-unsaturated/α-hetero) is 1. The van der Waals surface area contributed by atoms with Gasteiger partial charge >= 0.3 is 5.97 Å². The van der Waals surface area contributed by atoms with Crippen molar-refractivity contribution in [1.82, 2.24) is 0 Å². The topological polar surface area (TPSA) is 61.8 Å². The van der Waals surface area contributed by atoms with E-state index in [1.165, 1.54) is 0 Å². The van der Waals surface area contributed by atoms with Crippen molar-refractivity contribution in [1.29, 1.82) is 0 Å². The number of hydrogen-bond donors (Lipinski definition) is 0. The minimum Gasteiger partial charge on any atom is -0.466 e. The number of hydrogen-bond acceptors (Lipinski definition) is 5. The van der Waals surface area contributed by atoms with Crippen LogP contribution in [0, 0.1) is 5.41 Å². The van der Waals surface area contributed by atoms with Gasteiger partial charge in [0.15, 0.2) is 6.29 Å². The number of carbonyl (C=O) groups excluding carboxylic acids is 2. The highest BCUT2D eigenvalue weighted by atomic mass is 16.7. The molecular weight excluding hydrogens is 248 g/mol. The first-order valence-corrected chi connectivity index (χ1v) is 6.83. The van der Waals surface area contributed by atoms with E-state index in [1.807, 2.05) is 0 Å². The summed E-state index contributed by atoms with van der Waals surface area (Å²) in [5, 5.41) is 0. The molecule has 0 amide bonds. The molecule has 0 aromatic rings. The molecular formula is C14H24O5. The molecule has 0 radical (unpaired) electrons. The number of ether oxygens (including phenoxy) is 3. The Bertz CT molecular complexity index is 301. The monoisotopic (exact) mass is 272 g/mol. The quantitative estimate of drug-likeness (QED) is 0.524. The maximum absolute atomic E-state index is 11.5. The Kier molecular flexibility index (Phi) is 6.45. The Morgan fingerprint density at radius 2 is 1.89 bits per heavy atom. The van der Waals surface area contributed by atoms with Gasteiger partial charge in [-0.1, -0.05) is 13.8 Å². The van der Waals surface area contributed by atoms with Crippen LogP contribution in [0.5, 0.6) is 0 Å². The van der Waals surface area contributed by atoms with Gasteiger partial charge in [-0.25, -0.2) is 0 Å². The molecule has 19 heavy (non-hydrogen) atoms. The fourth-order valence-electron chi connectivity index (χ4n) is 1.82. The normalized spacial score (nSPS) is 19.1. The van der Waals surface area contributed by atoms with Gasteiger partial charge in [-0.05, 0) is 19.8 Å². The predicted molar refractivity (Wildman–Crippen MR) is 69.6 cm³/mol. The lowest BCUT2D eigenvalue weighted by molar-refractivity contribution is -0.224. The average Bonchev–Trinajstić information content (AvgIpc) is 2.31. The zero-order valence-corrected chi connectivity index (χ0v) is 12.1. The Morgan fingerprint density at radius 3 is 2.47 bits per heavy atom. The number of rotatable bonds is 7. The van der Waals surface area contributed by atoms with Crippen LogP contribution < -0.4 is 0 Å². The molecule has 1 heterocycles. The summed E-state index contributed by atoms with van der Waals surface area (Å²) in [5.41, 5.74) is 0.0657. The predicted octanol–water partition coefficient (Wildman–Crippen LogP) is 2.08. The standard InChI is InChI=1S/C14H24O5/c1-4-17-12(16)8-11(15)6-5-7-13-18-9-14(2,3)10-19-13/h13H,4-10H2,1-3H3. The SMILES string of the molecule is CCOC(=O)CC(=O)CCCC1OCC(C)(C)CO1. The third kappa shape index (κ3) is 6.68. The molecule has 0 atom stereocenters. The van der Waals surface area contributed by atoms with Gasteiger partial charge in [-0.2, -0.15) is 0 Å². The minimum absolute atomic E-state index is 0.0657. The van der Waals surface area contributed by atoms with Crippen LogP contribution in [0.3, 0.4) is 0 Å². The summed E-state index contributed by atoms with van der Waals surface area (Å²) in [5.74, 6) is -0.533. The third-order valence-electron chi connectivity index (χ3n) is 2.86. The maximum Gasteiger partial charge on any atom is 0.313 e. The lowest BCUT2D eigenvalue weighted by atomic mass is 9.95. The Balaban J connectivity index is 2.10. The highest BCUT2D eigenvalue weighted by molar-refractivity contribution is 5.95. The molecule has 0 saturated carbocycles. The van der Waals surface area contributed by atoms with E-state index in [4.69, 9.17) is 14.2 Å². The van der Waals surface area contributed by atoms with E-state index in [2.05, 4.69) is 13.8 Å². The summed E-state index contributed by atoms with van der Waals surface area (Å²) in [6.07, 6.45) is 1.37. The first kappa shape index (κ1) is 16.1. The molecule has 1 saturated heterocycles. The summed E-state index contributed by atoms with van der Waals surface area (Å²) in [6.45, 7) is 7.56. The van der Waals surface area contributed by atoms with E-state index >= 15 is 0 Å². The fourth-order valence-corrected chi connectivity index (χ4v) is 1.82. The van der Waals surface area contributed by atoms with Crippen LogP contribution in [0.4, 0.5) is 0 Å². The number of ketones is 1. The van der Waals surface area contributed by atoms with Crippen molar-refractivity contribution in [2.45, 2.75) is 52.7 Å². The molecule has 5 heteroatoms. The fraction of sp³-hybridized carbons (Fsp3) is 0.857. The summed E-state index contributed by atoms with van der Waals surface area (Å²) >= 11 is 0. The van der Waals surface area contributed by atoms with Crippen LogP contribution >= 0.6 is 0 Å². The Labute approximate surface area is 114 Å². The molecule has 0 aromatic carbocycles. The second-order valence-electron chi connectivity index (χ2n) is 5.63. The van der Waals surface area contributed by atoms with Gasteiger partial charge in [0.1, 0.15) is 12.2 Å². The molecule has 0 unspecified atom stereocenters. The number of carbonyl (C=O) groups is 2. The van der Waals surface area contributed by atoms with Crippen LogP contribution in [0.2, 0.25) is 0 Å². The molecule has 0 bridgehead atoms. The van der Waals surface area contributed by atoms with Crippen LogP contribution in [0.1, 0.15) is 46.5 Å². The van der Waals surface area contributed by atoms with Crippen LogP contribution in [-0.4, -0.2) is 37.9 Å². The van der Waals surface area contributed by atoms with Gasteiger partial charge in [0.05, 0.1) is 19.8 Å².